The molecule has 1 heterocycles. The first-order valence-electron chi connectivity index (χ1n) is 7.04. The van der Waals surface area contributed by atoms with Crippen LogP contribution in [0.15, 0.2) is 48.5 Å². The average molecular weight is 301 g/mol. The van der Waals surface area contributed by atoms with Crippen molar-refractivity contribution in [2.24, 2.45) is 0 Å². The molecule has 0 spiro atoms. The fraction of sp³-hybridized carbons (Fsp3) is 0.235. The molecule has 0 aliphatic carbocycles. The Labute approximate surface area is 129 Å². The van der Waals surface area contributed by atoms with Crippen LogP contribution >= 0.6 is 11.6 Å². The van der Waals surface area contributed by atoms with E-state index in [1.807, 2.05) is 23.1 Å². The Kier molecular flexibility index (Phi) is 3.95. The number of rotatable bonds is 1. The third kappa shape index (κ3) is 2.94. The number of carbonyl (C=O) groups excluding carboxylic acids is 1. The molecule has 1 unspecified atom stereocenters. The summed E-state index contributed by atoms with van der Waals surface area (Å²) in [6.07, 6.45) is 0. The zero-order valence-corrected chi connectivity index (χ0v) is 12.6. The van der Waals surface area contributed by atoms with E-state index in [-0.39, 0.29) is 11.9 Å². The summed E-state index contributed by atoms with van der Waals surface area (Å²) in [5.74, 6) is -0.0134. The molecule has 0 bridgehead atoms. The van der Waals surface area contributed by atoms with Crippen LogP contribution in [0.25, 0.3) is 0 Å². The number of halogens is 1. The standard InChI is InChI=1S/C17H17ClN2O/c1-12-11-20(16-8-3-2-5-14(16)10-19-12)17(21)13-6-4-7-15(18)9-13/h2-9,12,19H,10-11H2,1H3. The predicted octanol–water partition coefficient (Wildman–Crippen LogP) is 3.48. The molecule has 3 rings (SSSR count). The molecule has 0 radical (unpaired) electrons. The van der Waals surface area contributed by atoms with Gasteiger partial charge in [-0.05, 0) is 36.8 Å². The molecule has 108 valence electrons. The van der Waals surface area contributed by atoms with Crippen molar-refractivity contribution in [1.82, 2.24) is 5.32 Å². The third-order valence-electron chi connectivity index (χ3n) is 3.70. The summed E-state index contributed by atoms with van der Waals surface area (Å²) < 4.78 is 0. The largest absolute Gasteiger partial charge is 0.308 e. The Bertz CT molecular complexity index is 671. The van der Waals surface area contributed by atoms with E-state index in [0.717, 1.165) is 17.8 Å². The van der Waals surface area contributed by atoms with Crippen molar-refractivity contribution >= 4 is 23.2 Å². The highest BCUT2D eigenvalue weighted by molar-refractivity contribution is 6.31. The van der Waals surface area contributed by atoms with Gasteiger partial charge in [0, 0.05) is 35.4 Å². The zero-order valence-electron chi connectivity index (χ0n) is 11.8. The quantitative estimate of drug-likeness (QED) is 0.874. The van der Waals surface area contributed by atoms with Gasteiger partial charge in [-0.1, -0.05) is 35.9 Å². The van der Waals surface area contributed by atoms with Gasteiger partial charge in [0.15, 0.2) is 0 Å². The van der Waals surface area contributed by atoms with Gasteiger partial charge in [0.05, 0.1) is 0 Å². The van der Waals surface area contributed by atoms with Crippen LogP contribution in [0, 0.1) is 0 Å². The summed E-state index contributed by atoms with van der Waals surface area (Å²) in [5.41, 5.74) is 2.72. The molecular formula is C17H17ClN2O. The second-order valence-electron chi connectivity index (χ2n) is 5.34. The number of fused-ring (bicyclic) bond motifs is 1. The maximum Gasteiger partial charge on any atom is 0.258 e. The van der Waals surface area contributed by atoms with E-state index in [2.05, 4.69) is 18.3 Å². The molecule has 1 aliphatic rings. The van der Waals surface area contributed by atoms with Crippen LogP contribution in [-0.2, 0) is 6.54 Å². The van der Waals surface area contributed by atoms with Crippen molar-refractivity contribution < 1.29 is 4.79 Å². The van der Waals surface area contributed by atoms with Crippen molar-refractivity contribution in [3.05, 3.63) is 64.7 Å². The summed E-state index contributed by atoms with van der Waals surface area (Å²) in [5, 5.41) is 4.01. The van der Waals surface area contributed by atoms with Crippen LogP contribution in [0.2, 0.25) is 5.02 Å². The minimum Gasteiger partial charge on any atom is -0.308 e. The van der Waals surface area contributed by atoms with Crippen LogP contribution in [0.1, 0.15) is 22.8 Å². The van der Waals surface area contributed by atoms with Gasteiger partial charge in [0.25, 0.3) is 5.91 Å². The van der Waals surface area contributed by atoms with Crippen LogP contribution in [0.5, 0.6) is 0 Å². The van der Waals surface area contributed by atoms with E-state index in [9.17, 15) is 4.79 Å². The van der Waals surface area contributed by atoms with Crippen molar-refractivity contribution in [2.75, 3.05) is 11.4 Å². The Morgan fingerprint density at radius 3 is 2.86 bits per heavy atom. The Balaban J connectivity index is 2.01. The van der Waals surface area contributed by atoms with Gasteiger partial charge >= 0.3 is 0 Å². The lowest BCUT2D eigenvalue weighted by molar-refractivity contribution is 0.0985. The second kappa shape index (κ2) is 5.88. The minimum absolute atomic E-state index is 0.0134. The first kappa shape index (κ1) is 14.1. The number of amides is 1. The monoisotopic (exact) mass is 300 g/mol. The topological polar surface area (TPSA) is 32.3 Å². The normalized spacial score (nSPS) is 18.0. The van der Waals surface area contributed by atoms with Crippen LogP contribution in [-0.4, -0.2) is 18.5 Å². The molecule has 3 nitrogen and oxygen atoms in total. The number of anilines is 1. The van der Waals surface area contributed by atoms with Crippen LogP contribution in [0.3, 0.4) is 0 Å². The molecule has 2 aromatic rings. The fourth-order valence-electron chi connectivity index (χ4n) is 2.61. The van der Waals surface area contributed by atoms with Gasteiger partial charge in [-0.2, -0.15) is 0 Å². The molecule has 0 saturated carbocycles. The average Bonchev–Trinajstić information content (AvgIpc) is 2.66. The zero-order chi connectivity index (χ0) is 14.8. The van der Waals surface area contributed by atoms with E-state index in [1.165, 1.54) is 0 Å². The number of carbonyl (C=O) groups is 1. The molecule has 1 amide bonds. The molecule has 4 heteroatoms. The lowest BCUT2D eigenvalue weighted by Crippen LogP contribution is -2.39. The number of nitrogens with zero attached hydrogens (tertiary/aromatic N) is 1. The van der Waals surface area contributed by atoms with Gasteiger partial charge in [0.1, 0.15) is 0 Å². The smallest absolute Gasteiger partial charge is 0.258 e. The summed E-state index contributed by atoms with van der Waals surface area (Å²) in [4.78, 5) is 14.7. The molecule has 1 aliphatic heterocycles. The summed E-state index contributed by atoms with van der Waals surface area (Å²) in [7, 11) is 0. The Morgan fingerprint density at radius 2 is 2.05 bits per heavy atom. The first-order valence-corrected chi connectivity index (χ1v) is 7.41. The van der Waals surface area contributed by atoms with Gasteiger partial charge in [-0.15, -0.1) is 0 Å². The molecule has 21 heavy (non-hydrogen) atoms. The van der Waals surface area contributed by atoms with Gasteiger partial charge < -0.3 is 10.2 Å². The van der Waals surface area contributed by atoms with Crippen molar-refractivity contribution in [3.63, 3.8) is 0 Å². The maximum absolute atomic E-state index is 12.9. The summed E-state index contributed by atoms with van der Waals surface area (Å²) in [6, 6.07) is 15.4. The van der Waals surface area contributed by atoms with Gasteiger partial charge in [-0.3, -0.25) is 4.79 Å². The fourth-order valence-corrected chi connectivity index (χ4v) is 2.80. The lowest BCUT2D eigenvalue weighted by Gasteiger charge is -2.24. The van der Waals surface area contributed by atoms with Gasteiger partial charge in [0.2, 0.25) is 0 Å². The molecular weight excluding hydrogens is 284 g/mol. The SMILES string of the molecule is CC1CN(C(=O)c2cccc(Cl)c2)c2ccccc2CN1. The van der Waals surface area contributed by atoms with Crippen molar-refractivity contribution in [1.29, 1.82) is 0 Å². The predicted molar refractivity (Wildman–Crippen MR) is 85.9 cm³/mol. The molecule has 1 atom stereocenters. The third-order valence-corrected chi connectivity index (χ3v) is 3.93. The Hall–Kier alpha value is -1.84. The highest BCUT2D eigenvalue weighted by Gasteiger charge is 2.24. The van der Waals surface area contributed by atoms with E-state index in [4.69, 9.17) is 11.6 Å². The highest BCUT2D eigenvalue weighted by Crippen LogP contribution is 2.25. The van der Waals surface area contributed by atoms with Crippen molar-refractivity contribution in [2.45, 2.75) is 19.5 Å². The Morgan fingerprint density at radius 1 is 1.24 bits per heavy atom. The lowest BCUT2D eigenvalue weighted by atomic mass is 10.1. The van der Waals surface area contributed by atoms with Gasteiger partial charge in [-0.25, -0.2) is 0 Å². The highest BCUT2D eigenvalue weighted by atomic mass is 35.5. The van der Waals surface area contributed by atoms with E-state index in [0.29, 0.717) is 17.1 Å². The number of para-hydroxylation sites is 1. The van der Waals surface area contributed by atoms with E-state index < -0.39 is 0 Å². The van der Waals surface area contributed by atoms with Crippen LogP contribution in [0.4, 0.5) is 5.69 Å². The maximum atomic E-state index is 12.9. The van der Waals surface area contributed by atoms with Crippen molar-refractivity contribution in [3.8, 4) is 0 Å². The number of nitrogens with one attached hydrogen (secondary N) is 1. The number of hydrogen-bond acceptors (Lipinski definition) is 2. The van der Waals surface area contributed by atoms with E-state index in [1.54, 1.807) is 24.3 Å². The van der Waals surface area contributed by atoms with E-state index >= 15 is 0 Å². The minimum atomic E-state index is -0.0134. The molecule has 0 fully saturated rings. The van der Waals surface area contributed by atoms with Crippen LogP contribution < -0.4 is 10.2 Å². The second-order valence-corrected chi connectivity index (χ2v) is 5.77. The molecule has 1 N–H and O–H groups in total. The number of benzene rings is 2. The summed E-state index contributed by atoms with van der Waals surface area (Å²) in [6.45, 7) is 3.50. The summed E-state index contributed by atoms with van der Waals surface area (Å²) >= 11 is 6.01. The molecule has 0 saturated heterocycles. The first-order chi connectivity index (χ1) is 10.1. The number of hydrogen-bond donors (Lipinski definition) is 1. The molecule has 2 aromatic carbocycles. The molecule has 0 aromatic heterocycles.